The van der Waals surface area contributed by atoms with Gasteiger partial charge in [0.2, 0.25) is 0 Å². The molecule has 0 atom stereocenters. The number of sulfone groups is 1. The predicted molar refractivity (Wildman–Crippen MR) is 91.1 cm³/mol. The van der Waals surface area contributed by atoms with Crippen LogP contribution in [0.2, 0.25) is 0 Å². The number of nitrogens with two attached hydrogens (primary N) is 1. The molecule has 3 N–H and O–H groups in total. The van der Waals surface area contributed by atoms with Gasteiger partial charge in [-0.1, -0.05) is 6.92 Å². The van der Waals surface area contributed by atoms with Gasteiger partial charge < -0.3 is 11.1 Å². The van der Waals surface area contributed by atoms with Gasteiger partial charge in [-0.15, -0.1) is 0 Å². The quantitative estimate of drug-likeness (QED) is 0.768. The first-order chi connectivity index (χ1) is 10.0. The fourth-order valence-electron chi connectivity index (χ4n) is 2.23. The molecular weight excluding hydrogens is 328 g/mol. The first-order valence-electron chi connectivity index (χ1n) is 7.06. The van der Waals surface area contributed by atoms with E-state index < -0.39 is 9.84 Å². The molecule has 0 amide bonds. The number of nitrogens with zero attached hydrogens (tertiary/aromatic N) is 2. The summed E-state index contributed by atoms with van der Waals surface area (Å²) in [5.41, 5.74) is 5.74. The molecule has 9 heteroatoms. The summed E-state index contributed by atoms with van der Waals surface area (Å²) in [6.07, 6.45) is 0.572. The van der Waals surface area contributed by atoms with Gasteiger partial charge in [0.05, 0.1) is 5.75 Å². The lowest BCUT2D eigenvalue weighted by Crippen LogP contribution is -2.36. The van der Waals surface area contributed by atoms with E-state index in [0.29, 0.717) is 18.0 Å². The number of aromatic nitrogens is 1. The Morgan fingerprint density at radius 1 is 1.38 bits per heavy atom. The van der Waals surface area contributed by atoms with Crippen molar-refractivity contribution in [2.45, 2.75) is 18.2 Å². The molecule has 0 saturated carbocycles. The summed E-state index contributed by atoms with van der Waals surface area (Å²) in [6, 6.07) is 0. The Kier molecular flexibility index (Phi) is 6.15. The largest absolute Gasteiger partial charge is 0.382 e. The van der Waals surface area contributed by atoms with Crippen LogP contribution in [-0.2, 0) is 9.84 Å². The SMILES string of the molecule is CCCS(=O)(=O)c1c(N)nsc1NCCN1CCSCC1. The second-order valence-electron chi connectivity index (χ2n) is 4.93. The Morgan fingerprint density at radius 3 is 2.76 bits per heavy atom. The van der Waals surface area contributed by atoms with Crippen LogP contribution >= 0.6 is 23.3 Å². The van der Waals surface area contributed by atoms with Gasteiger partial charge in [0.15, 0.2) is 15.7 Å². The van der Waals surface area contributed by atoms with Gasteiger partial charge in [-0.25, -0.2) is 8.42 Å². The average Bonchev–Trinajstić information content (AvgIpc) is 2.82. The molecule has 1 aliphatic heterocycles. The van der Waals surface area contributed by atoms with E-state index in [2.05, 4.69) is 14.6 Å². The van der Waals surface area contributed by atoms with E-state index in [0.717, 1.165) is 31.2 Å². The Balaban J connectivity index is 1.97. The van der Waals surface area contributed by atoms with Crippen LogP contribution in [0.1, 0.15) is 13.3 Å². The Hall–Kier alpha value is -0.510. The fourth-order valence-corrected chi connectivity index (χ4v) is 5.85. The van der Waals surface area contributed by atoms with Crippen molar-refractivity contribution in [1.82, 2.24) is 9.27 Å². The lowest BCUT2D eigenvalue weighted by molar-refractivity contribution is 0.314. The smallest absolute Gasteiger partial charge is 0.185 e. The zero-order chi connectivity index (χ0) is 15.3. The van der Waals surface area contributed by atoms with Gasteiger partial charge in [-0.05, 0) is 18.0 Å². The van der Waals surface area contributed by atoms with Crippen LogP contribution in [0.3, 0.4) is 0 Å². The number of rotatable bonds is 7. The first-order valence-corrected chi connectivity index (χ1v) is 10.6. The van der Waals surface area contributed by atoms with Crippen LogP contribution in [0, 0.1) is 0 Å². The minimum Gasteiger partial charge on any atom is -0.382 e. The summed E-state index contributed by atoms with van der Waals surface area (Å²) in [7, 11) is -3.34. The number of nitrogen functional groups attached to an aromatic ring is 1. The van der Waals surface area contributed by atoms with Crippen LogP contribution in [0.4, 0.5) is 10.8 Å². The van der Waals surface area contributed by atoms with Crippen LogP contribution < -0.4 is 11.1 Å². The summed E-state index contributed by atoms with van der Waals surface area (Å²) in [6.45, 7) is 5.65. The van der Waals surface area contributed by atoms with Crippen molar-refractivity contribution in [1.29, 1.82) is 0 Å². The van der Waals surface area contributed by atoms with Crippen molar-refractivity contribution < 1.29 is 8.42 Å². The molecule has 120 valence electrons. The lowest BCUT2D eigenvalue weighted by Gasteiger charge is -2.26. The van der Waals surface area contributed by atoms with Crippen molar-refractivity contribution in [3.63, 3.8) is 0 Å². The molecule has 6 nitrogen and oxygen atoms in total. The Bertz CT molecular complexity index is 553. The van der Waals surface area contributed by atoms with Gasteiger partial charge in [-0.2, -0.15) is 16.1 Å². The molecule has 1 fully saturated rings. The molecular formula is C12H22N4O2S3. The molecule has 21 heavy (non-hydrogen) atoms. The van der Waals surface area contributed by atoms with Crippen LogP contribution in [0.15, 0.2) is 4.90 Å². The van der Waals surface area contributed by atoms with Gasteiger partial charge in [0.25, 0.3) is 0 Å². The number of thioether (sulfide) groups is 1. The van der Waals surface area contributed by atoms with Crippen LogP contribution in [-0.4, -0.2) is 61.1 Å². The zero-order valence-corrected chi connectivity index (χ0v) is 14.6. The number of hydrogen-bond acceptors (Lipinski definition) is 8. The maximum atomic E-state index is 12.2. The zero-order valence-electron chi connectivity index (χ0n) is 12.2. The molecule has 1 aromatic heterocycles. The van der Waals surface area contributed by atoms with Crippen molar-refractivity contribution in [2.24, 2.45) is 0 Å². The molecule has 0 aliphatic carbocycles. The molecule has 1 aromatic rings. The Morgan fingerprint density at radius 2 is 2.10 bits per heavy atom. The maximum absolute atomic E-state index is 12.2. The van der Waals surface area contributed by atoms with E-state index in [1.54, 1.807) is 0 Å². The summed E-state index contributed by atoms with van der Waals surface area (Å²) < 4.78 is 28.5. The highest BCUT2D eigenvalue weighted by atomic mass is 32.2. The topological polar surface area (TPSA) is 88.3 Å². The second-order valence-corrected chi connectivity index (χ2v) is 8.97. The van der Waals surface area contributed by atoms with Gasteiger partial charge in [0, 0.05) is 37.7 Å². The first kappa shape index (κ1) is 16.9. The van der Waals surface area contributed by atoms with Gasteiger partial charge >= 0.3 is 0 Å². The van der Waals surface area contributed by atoms with E-state index in [-0.39, 0.29) is 16.5 Å². The van der Waals surface area contributed by atoms with Crippen molar-refractivity contribution in [2.75, 3.05) is 54.5 Å². The normalized spacial score (nSPS) is 17.0. The van der Waals surface area contributed by atoms with E-state index in [1.165, 1.54) is 11.5 Å². The minimum atomic E-state index is -3.34. The highest BCUT2D eigenvalue weighted by molar-refractivity contribution is 7.99. The van der Waals surface area contributed by atoms with Crippen molar-refractivity contribution >= 4 is 44.0 Å². The third-order valence-corrected chi connectivity index (χ3v) is 7.15. The standard InChI is InChI=1S/C12H22N4O2S3/c1-2-9-21(17,18)10-11(13)15-20-12(10)14-3-4-16-5-7-19-8-6-16/h14H,2-9H2,1H3,(H2,13,15). The molecule has 0 aromatic carbocycles. The van der Waals surface area contributed by atoms with E-state index >= 15 is 0 Å². The van der Waals surface area contributed by atoms with Crippen LogP contribution in [0.25, 0.3) is 0 Å². The summed E-state index contributed by atoms with van der Waals surface area (Å²) >= 11 is 3.10. The minimum absolute atomic E-state index is 0.105. The molecule has 2 rings (SSSR count). The summed E-state index contributed by atoms with van der Waals surface area (Å²) in [5.74, 6) is 2.56. The van der Waals surface area contributed by atoms with E-state index in [4.69, 9.17) is 5.73 Å². The number of hydrogen-bond donors (Lipinski definition) is 2. The fraction of sp³-hybridized carbons (Fsp3) is 0.750. The molecule has 1 aliphatic rings. The van der Waals surface area contributed by atoms with Crippen molar-refractivity contribution in [3.8, 4) is 0 Å². The summed E-state index contributed by atoms with van der Waals surface area (Å²) in [5, 5.41) is 3.77. The molecule has 1 saturated heterocycles. The molecule has 0 unspecified atom stereocenters. The maximum Gasteiger partial charge on any atom is 0.185 e. The molecule has 0 bridgehead atoms. The highest BCUT2D eigenvalue weighted by Crippen LogP contribution is 2.32. The average molecular weight is 351 g/mol. The molecule has 0 spiro atoms. The third kappa shape index (κ3) is 4.48. The van der Waals surface area contributed by atoms with Crippen LogP contribution in [0.5, 0.6) is 0 Å². The molecule has 2 heterocycles. The monoisotopic (exact) mass is 350 g/mol. The van der Waals surface area contributed by atoms with Gasteiger partial charge in [-0.3, -0.25) is 4.90 Å². The number of anilines is 2. The second kappa shape index (κ2) is 7.66. The predicted octanol–water partition coefficient (Wildman–Crippen LogP) is 1.37. The third-order valence-electron chi connectivity index (χ3n) is 3.28. The van der Waals surface area contributed by atoms with E-state index in [9.17, 15) is 8.42 Å². The Labute approximate surface area is 134 Å². The number of nitrogens with one attached hydrogen (secondary N) is 1. The molecule has 0 radical (unpaired) electrons. The summed E-state index contributed by atoms with van der Waals surface area (Å²) in [4.78, 5) is 2.57. The van der Waals surface area contributed by atoms with E-state index in [1.807, 2.05) is 18.7 Å². The van der Waals surface area contributed by atoms with Crippen molar-refractivity contribution in [3.05, 3.63) is 0 Å². The highest BCUT2D eigenvalue weighted by Gasteiger charge is 2.24. The van der Waals surface area contributed by atoms with Gasteiger partial charge in [0.1, 0.15) is 9.90 Å². The lowest BCUT2D eigenvalue weighted by atomic mass is 10.4.